The molecule has 0 atom stereocenters. The SMILES string of the molecule is COC(=O)COc1c2ccccc2c(OCC(=O)OC)c2c(C(C)(C)C)cccc12. The monoisotopic (exact) mass is 410 g/mol. The van der Waals surface area contributed by atoms with Crippen LogP contribution in [0.1, 0.15) is 26.3 Å². The van der Waals surface area contributed by atoms with Gasteiger partial charge in [0.05, 0.1) is 14.2 Å². The van der Waals surface area contributed by atoms with Crippen molar-refractivity contribution in [3.63, 3.8) is 0 Å². The largest absolute Gasteiger partial charge is 0.481 e. The maximum Gasteiger partial charge on any atom is 0.343 e. The second-order valence-corrected chi connectivity index (χ2v) is 7.91. The smallest absolute Gasteiger partial charge is 0.343 e. The Morgan fingerprint density at radius 2 is 1.23 bits per heavy atom. The van der Waals surface area contributed by atoms with Gasteiger partial charge >= 0.3 is 11.9 Å². The summed E-state index contributed by atoms with van der Waals surface area (Å²) in [6.07, 6.45) is 0. The van der Waals surface area contributed by atoms with Gasteiger partial charge < -0.3 is 18.9 Å². The van der Waals surface area contributed by atoms with Crippen molar-refractivity contribution in [3.8, 4) is 11.5 Å². The van der Waals surface area contributed by atoms with Crippen LogP contribution in [0.5, 0.6) is 11.5 Å². The van der Waals surface area contributed by atoms with E-state index in [2.05, 4.69) is 20.8 Å². The lowest BCUT2D eigenvalue weighted by Gasteiger charge is -2.25. The summed E-state index contributed by atoms with van der Waals surface area (Å²) in [7, 11) is 2.65. The van der Waals surface area contributed by atoms with Gasteiger partial charge in [-0.3, -0.25) is 0 Å². The maximum atomic E-state index is 11.8. The lowest BCUT2D eigenvalue weighted by Crippen LogP contribution is -2.16. The van der Waals surface area contributed by atoms with Crippen LogP contribution >= 0.6 is 0 Å². The zero-order chi connectivity index (χ0) is 21.9. The Hall–Kier alpha value is -3.28. The average molecular weight is 410 g/mol. The first-order valence-corrected chi connectivity index (χ1v) is 9.65. The molecule has 3 aromatic rings. The first-order valence-electron chi connectivity index (χ1n) is 9.65. The van der Waals surface area contributed by atoms with E-state index in [1.807, 2.05) is 42.5 Å². The summed E-state index contributed by atoms with van der Waals surface area (Å²) in [5.74, 6) is 0.223. The molecule has 3 aromatic carbocycles. The van der Waals surface area contributed by atoms with Crippen molar-refractivity contribution in [2.24, 2.45) is 0 Å². The third-order valence-electron chi connectivity index (χ3n) is 4.88. The Labute approximate surface area is 175 Å². The summed E-state index contributed by atoms with van der Waals surface area (Å²) in [5, 5.41) is 3.20. The molecule has 0 amide bonds. The summed E-state index contributed by atoms with van der Waals surface area (Å²) < 4.78 is 21.4. The molecule has 0 radical (unpaired) electrons. The standard InChI is InChI=1S/C24H26O6/c1-24(2,3)18-12-8-11-17-21(18)23(30-14-20(26)28-5)16-10-7-6-9-15(16)22(17)29-13-19(25)27-4/h6-12H,13-14H2,1-5H3. The number of carbonyl (C=O) groups is 2. The van der Waals surface area contributed by atoms with Crippen LogP contribution < -0.4 is 9.47 Å². The van der Waals surface area contributed by atoms with Crippen molar-refractivity contribution in [2.45, 2.75) is 26.2 Å². The van der Waals surface area contributed by atoms with Crippen molar-refractivity contribution >= 4 is 33.5 Å². The highest BCUT2D eigenvalue weighted by Crippen LogP contribution is 2.46. The predicted octanol–water partition coefficient (Wildman–Crippen LogP) is 4.39. The summed E-state index contributed by atoms with van der Waals surface area (Å²) in [6, 6.07) is 13.5. The molecule has 0 N–H and O–H groups in total. The summed E-state index contributed by atoms with van der Waals surface area (Å²) in [6.45, 7) is 5.90. The topological polar surface area (TPSA) is 71.1 Å². The molecule has 6 nitrogen and oxygen atoms in total. The van der Waals surface area contributed by atoms with Crippen molar-refractivity contribution < 1.29 is 28.5 Å². The number of methoxy groups -OCH3 is 2. The van der Waals surface area contributed by atoms with Crippen LogP contribution in [-0.4, -0.2) is 39.4 Å². The van der Waals surface area contributed by atoms with Crippen molar-refractivity contribution in [1.29, 1.82) is 0 Å². The van der Waals surface area contributed by atoms with Gasteiger partial charge in [0.15, 0.2) is 13.2 Å². The van der Waals surface area contributed by atoms with Crippen molar-refractivity contribution in [2.75, 3.05) is 27.4 Å². The van der Waals surface area contributed by atoms with Gasteiger partial charge in [-0.05, 0) is 11.0 Å². The molecule has 3 rings (SSSR count). The number of ether oxygens (including phenoxy) is 4. The number of hydrogen-bond acceptors (Lipinski definition) is 6. The quantitative estimate of drug-likeness (QED) is 0.443. The molecule has 0 aliphatic heterocycles. The fourth-order valence-corrected chi connectivity index (χ4v) is 3.46. The summed E-state index contributed by atoms with van der Waals surface area (Å²) in [4.78, 5) is 23.5. The van der Waals surface area contributed by atoms with Gasteiger partial charge in [0.1, 0.15) is 11.5 Å². The number of esters is 2. The van der Waals surface area contributed by atoms with E-state index in [0.717, 1.165) is 27.1 Å². The van der Waals surface area contributed by atoms with Gasteiger partial charge in [-0.2, -0.15) is 0 Å². The first kappa shape index (κ1) is 21.4. The molecule has 158 valence electrons. The summed E-state index contributed by atoms with van der Waals surface area (Å²) >= 11 is 0. The molecule has 0 unspecified atom stereocenters. The molecule has 0 spiro atoms. The van der Waals surface area contributed by atoms with E-state index in [4.69, 9.17) is 18.9 Å². The van der Waals surface area contributed by atoms with Crippen LogP contribution in [0.15, 0.2) is 42.5 Å². The van der Waals surface area contributed by atoms with Crippen LogP contribution in [0.25, 0.3) is 21.5 Å². The number of rotatable bonds is 6. The molecule has 0 fully saturated rings. The highest BCUT2D eigenvalue weighted by atomic mass is 16.6. The molecule has 30 heavy (non-hydrogen) atoms. The molecule has 0 aliphatic carbocycles. The molecule has 0 saturated heterocycles. The molecule has 0 saturated carbocycles. The first-order chi connectivity index (χ1) is 14.3. The van der Waals surface area contributed by atoms with E-state index in [1.165, 1.54) is 14.2 Å². The zero-order valence-electron chi connectivity index (χ0n) is 17.9. The number of carbonyl (C=O) groups excluding carboxylic acids is 2. The second kappa shape index (κ2) is 8.61. The minimum absolute atomic E-state index is 0.203. The molecule has 6 heteroatoms. The fraction of sp³-hybridized carbons (Fsp3) is 0.333. The predicted molar refractivity (Wildman–Crippen MR) is 115 cm³/mol. The van der Waals surface area contributed by atoms with Crippen LogP contribution in [0.2, 0.25) is 0 Å². The van der Waals surface area contributed by atoms with E-state index in [1.54, 1.807) is 0 Å². The lowest BCUT2D eigenvalue weighted by molar-refractivity contribution is -0.143. The highest BCUT2D eigenvalue weighted by molar-refractivity contribution is 6.12. The molecule has 0 aromatic heterocycles. The average Bonchev–Trinajstić information content (AvgIpc) is 2.74. The van der Waals surface area contributed by atoms with E-state index in [9.17, 15) is 9.59 Å². The molecular formula is C24H26O6. The van der Waals surface area contributed by atoms with Gasteiger partial charge in [0.25, 0.3) is 0 Å². The fourth-order valence-electron chi connectivity index (χ4n) is 3.46. The van der Waals surface area contributed by atoms with Gasteiger partial charge in [-0.1, -0.05) is 63.2 Å². The summed E-state index contributed by atoms with van der Waals surface area (Å²) in [5.41, 5.74) is 0.832. The Kier molecular flexibility index (Phi) is 6.15. The van der Waals surface area contributed by atoms with Crippen LogP contribution in [0, 0.1) is 0 Å². The Morgan fingerprint density at radius 1 is 0.733 bits per heavy atom. The minimum atomic E-state index is -0.467. The number of fused-ring (bicyclic) bond motifs is 2. The normalized spacial score (nSPS) is 11.4. The van der Waals surface area contributed by atoms with Crippen molar-refractivity contribution in [3.05, 3.63) is 48.0 Å². The molecule has 0 aliphatic rings. The Morgan fingerprint density at radius 3 is 1.77 bits per heavy atom. The van der Waals surface area contributed by atoms with Gasteiger partial charge in [0.2, 0.25) is 0 Å². The van der Waals surface area contributed by atoms with E-state index >= 15 is 0 Å². The maximum absolute atomic E-state index is 11.8. The highest BCUT2D eigenvalue weighted by Gasteiger charge is 2.24. The van der Waals surface area contributed by atoms with Gasteiger partial charge in [0, 0.05) is 21.5 Å². The van der Waals surface area contributed by atoms with E-state index in [-0.39, 0.29) is 18.6 Å². The Balaban J connectivity index is 2.36. The van der Waals surface area contributed by atoms with Crippen molar-refractivity contribution in [1.82, 2.24) is 0 Å². The van der Waals surface area contributed by atoms with E-state index in [0.29, 0.717) is 11.5 Å². The molecular weight excluding hydrogens is 384 g/mol. The second-order valence-electron chi connectivity index (χ2n) is 7.91. The zero-order valence-corrected chi connectivity index (χ0v) is 17.9. The Bertz CT molecular complexity index is 1090. The molecule has 0 heterocycles. The van der Waals surface area contributed by atoms with Crippen LogP contribution in [0.3, 0.4) is 0 Å². The minimum Gasteiger partial charge on any atom is -0.481 e. The van der Waals surface area contributed by atoms with Crippen LogP contribution in [0.4, 0.5) is 0 Å². The van der Waals surface area contributed by atoms with Crippen LogP contribution in [-0.2, 0) is 24.5 Å². The number of hydrogen-bond donors (Lipinski definition) is 0. The van der Waals surface area contributed by atoms with Gasteiger partial charge in [-0.15, -0.1) is 0 Å². The van der Waals surface area contributed by atoms with Gasteiger partial charge in [-0.25, -0.2) is 9.59 Å². The lowest BCUT2D eigenvalue weighted by atomic mass is 9.82. The molecule has 0 bridgehead atoms. The van der Waals surface area contributed by atoms with E-state index < -0.39 is 11.9 Å². The number of benzene rings is 3. The third-order valence-corrected chi connectivity index (χ3v) is 4.88. The third kappa shape index (κ3) is 4.17.